The maximum absolute atomic E-state index is 16.4. The molecule has 236 valence electrons. The average molecular weight is 632 g/mol. The van der Waals surface area contributed by atoms with Gasteiger partial charge in [-0.05, 0) is 35.3 Å². The maximum Gasteiger partial charge on any atom is 0.261 e. The zero-order valence-electron chi connectivity index (χ0n) is 26.5. The number of nitrogens with zero attached hydrogens (tertiary/aromatic N) is 3. The molecule has 0 amide bonds. The first-order valence-corrected chi connectivity index (χ1v) is 16.9. The molecule has 2 atom stereocenters. The Morgan fingerprint density at radius 3 is 2.07 bits per heavy atom. The Bertz CT molecular complexity index is 1600. The number of anilines is 1. The summed E-state index contributed by atoms with van der Waals surface area (Å²) in [6.45, 7) is 10.9. The highest BCUT2D eigenvalue weighted by molar-refractivity contribution is 6.99. The van der Waals surface area contributed by atoms with Crippen molar-refractivity contribution >= 4 is 30.2 Å². The number of halogens is 2. The van der Waals surface area contributed by atoms with Gasteiger partial charge in [-0.2, -0.15) is 0 Å². The van der Waals surface area contributed by atoms with Crippen molar-refractivity contribution in [3.05, 3.63) is 108 Å². The third-order valence-electron chi connectivity index (χ3n) is 8.16. The molecule has 0 unspecified atom stereocenters. The molecule has 0 bridgehead atoms. The summed E-state index contributed by atoms with van der Waals surface area (Å²) in [7, 11) is -1.68. The van der Waals surface area contributed by atoms with Gasteiger partial charge in [0.2, 0.25) is 11.7 Å². The van der Waals surface area contributed by atoms with E-state index in [1.54, 1.807) is 4.90 Å². The average Bonchev–Trinajstić information content (AvgIpc) is 3.02. The molecule has 1 saturated heterocycles. The molecule has 1 fully saturated rings. The zero-order valence-corrected chi connectivity index (χ0v) is 27.5. The lowest BCUT2D eigenvalue weighted by atomic mass is 10.0. The van der Waals surface area contributed by atoms with Gasteiger partial charge in [0.25, 0.3) is 8.32 Å². The fourth-order valence-corrected chi connectivity index (χ4v) is 10.8. The Morgan fingerprint density at radius 1 is 0.956 bits per heavy atom. The largest absolute Gasteiger partial charge is 0.480 e. The Morgan fingerprint density at radius 2 is 1.53 bits per heavy atom. The standard InChI is InChI=1S/C35H39F2N3O4Si/c1-23-20-40(21-24(2)44-23)33-25(17-28(31(36)32(33)37)34(41)29-18-38-19-30(39-29)42-6)22-43-45(35(3,4)5,26-13-9-7-10-14-26)27-15-11-8-12-16-27/h7-19,23-24H,20-22H2,1-6H3/t23-,24-/m1/s1. The molecule has 5 rings (SSSR count). The number of carbonyl (C=O) groups excluding carboxylic acids is 1. The SMILES string of the molecule is COc1cncc(C(=O)c2cc(CO[Si](c3ccccc3)(c3ccccc3)C(C)(C)C)c(N3C[C@@H](C)O[C@H](C)C3)c(F)c2F)n1. The van der Waals surface area contributed by atoms with Crippen LogP contribution in [0.25, 0.3) is 0 Å². The van der Waals surface area contributed by atoms with Crippen molar-refractivity contribution in [3.63, 3.8) is 0 Å². The molecule has 10 heteroatoms. The number of hydrogen-bond donors (Lipinski definition) is 0. The third kappa shape index (κ3) is 6.40. The van der Waals surface area contributed by atoms with E-state index in [0.29, 0.717) is 18.7 Å². The molecule has 3 aromatic carbocycles. The van der Waals surface area contributed by atoms with E-state index >= 15 is 8.78 Å². The minimum absolute atomic E-state index is 0.0655. The molecule has 0 spiro atoms. The Labute approximate surface area is 264 Å². The lowest BCUT2D eigenvalue weighted by molar-refractivity contribution is -0.00553. The van der Waals surface area contributed by atoms with E-state index in [1.165, 1.54) is 25.6 Å². The molecule has 1 aromatic heterocycles. The maximum atomic E-state index is 16.4. The summed E-state index contributed by atoms with van der Waals surface area (Å²) >= 11 is 0. The fraction of sp³-hybridized carbons (Fsp3) is 0.343. The third-order valence-corrected chi connectivity index (χ3v) is 13.1. The predicted molar refractivity (Wildman–Crippen MR) is 173 cm³/mol. The second-order valence-corrected chi connectivity index (χ2v) is 16.8. The van der Waals surface area contributed by atoms with Gasteiger partial charge < -0.3 is 18.8 Å². The second kappa shape index (κ2) is 13.2. The summed E-state index contributed by atoms with van der Waals surface area (Å²) in [4.78, 5) is 23.5. The van der Waals surface area contributed by atoms with Crippen LogP contribution in [-0.2, 0) is 15.8 Å². The van der Waals surface area contributed by atoms with Gasteiger partial charge in [0, 0.05) is 18.7 Å². The number of aromatic nitrogens is 2. The van der Waals surface area contributed by atoms with E-state index in [2.05, 4.69) is 55.0 Å². The molecule has 1 aliphatic rings. The van der Waals surface area contributed by atoms with Crippen molar-refractivity contribution in [1.29, 1.82) is 0 Å². The van der Waals surface area contributed by atoms with Crippen LogP contribution < -0.4 is 20.0 Å². The quantitative estimate of drug-likeness (QED) is 0.174. The van der Waals surface area contributed by atoms with Gasteiger partial charge in [-0.15, -0.1) is 0 Å². The van der Waals surface area contributed by atoms with Crippen molar-refractivity contribution in [2.24, 2.45) is 0 Å². The van der Waals surface area contributed by atoms with Crippen molar-refractivity contribution in [2.45, 2.75) is 58.5 Å². The Kier molecular flexibility index (Phi) is 9.48. The van der Waals surface area contributed by atoms with Crippen LogP contribution in [0.3, 0.4) is 0 Å². The van der Waals surface area contributed by atoms with E-state index in [-0.39, 0.29) is 41.1 Å². The summed E-state index contributed by atoms with van der Waals surface area (Å²) in [6.07, 6.45) is 2.12. The molecule has 0 N–H and O–H groups in total. The number of methoxy groups -OCH3 is 1. The molecule has 0 radical (unpaired) electrons. The van der Waals surface area contributed by atoms with Crippen molar-refractivity contribution < 1.29 is 27.5 Å². The van der Waals surface area contributed by atoms with Gasteiger partial charge in [0.15, 0.2) is 11.6 Å². The first kappa shape index (κ1) is 32.4. The fourth-order valence-electron chi connectivity index (χ4n) is 6.29. The summed E-state index contributed by atoms with van der Waals surface area (Å²) in [5, 5.41) is 1.74. The molecule has 1 aliphatic heterocycles. The van der Waals surface area contributed by atoms with E-state index in [9.17, 15) is 4.79 Å². The number of ether oxygens (including phenoxy) is 2. The van der Waals surface area contributed by atoms with E-state index in [4.69, 9.17) is 13.9 Å². The van der Waals surface area contributed by atoms with Crippen LogP contribution in [0.2, 0.25) is 5.04 Å². The van der Waals surface area contributed by atoms with E-state index in [0.717, 1.165) is 10.4 Å². The van der Waals surface area contributed by atoms with Crippen LogP contribution in [0.5, 0.6) is 5.88 Å². The number of hydrogen-bond acceptors (Lipinski definition) is 7. The zero-order chi connectivity index (χ0) is 32.4. The topological polar surface area (TPSA) is 73.8 Å². The van der Waals surface area contributed by atoms with Crippen LogP contribution in [0.1, 0.15) is 56.2 Å². The molecule has 45 heavy (non-hydrogen) atoms. The molecule has 0 aliphatic carbocycles. The summed E-state index contributed by atoms with van der Waals surface area (Å²) in [6, 6.07) is 21.5. The monoisotopic (exact) mass is 631 g/mol. The highest BCUT2D eigenvalue weighted by atomic mass is 28.4. The highest BCUT2D eigenvalue weighted by Crippen LogP contribution is 2.39. The van der Waals surface area contributed by atoms with Gasteiger partial charge >= 0.3 is 0 Å². The van der Waals surface area contributed by atoms with Crippen LogP contribution in [-0.4, -0.2) is 56.5 Å². The summed E-state index contributed by atoms with van der Waals surface area (Å²) in [5.41, 5.74) is -0.176. The van der Waals surface area contributed by atoms with Gasteiger partial charge in [-0.25, -0.2) is 13.8 Å². The first-order valence-electron chi connectivity index (χ1n) is 15.0. The smallest absolute Gasteiger partial charge is 0.261 e. The minimum atomic E-state index is -3.07. The number of morpholine rings is 1. The van der Waals surface area contributed by atoms with Crippen molar-refractivity contribution in [2.75, 3.05) is 25.1 Å². The lowest BCUT2D eigenvalue weighted by Crippen LogP contribution is -2.66. The van der Waals surface area contributed by atoms with Gasteiger partial charge in [-0.1, -0.05) is 81.4 Å². The second-order valence-electron chi connectivity index (χ2n) is 12.4. The normalized spacial score (nSPS) is 17.3. The van der Waals surface area contributed by atoms with Crippen LogP contribution in [0.4, 0.5) is 14.5 Å². The van der Waals surface area contributed by atoms with Crippen LogP contribution in [0, 0.1) is 11.6 Å². The van der Waals surface area contributed by atoms with Gasteiger partial charge in [0.05, 0.1) is 49.6 Å². The molecule has 7 nitrogen and oxygen atoms in total. The number of benzene rings is 3. The Balaban J connectivity index is 1.68. The molecule has 4 aromatic rings. The predicted octanol–water partition coefficient (Wildman–Crippen LogP) is 5.68. The van der Waals surface area contributed by atoms with Crippen molar-refractivity contribution in [1.82, 2.24) is 9.97 Å². The van der Waals surface area contributed by atoms with E-state index in [1.807, 2.05) is 50.2 Å². The number of carbonyl (C=O) groups is 1. The molecule has 0 saturated carbocycles. The molecule has 2 heterocycles. The summed E-state index contributed by atoms with van der Waals surface area (Å²) < 4.78 is 50.4. The van der Waals surface area contributed by atoms with Crippen LogP contribution in [0.15, 0.2) is 79.1 Å². The Hall–Kier alpha value is -3.99. The van der Waals surface area contributed by atoms with Gasteiger partial charge in [0.1, 0.15) is 5.69 Å². The van der Waals surface area contributed by atoms with Crippen molar-refractivity contribution in [3.8, 4) is 5.88 Å². The summed E-state index contributed by atoms with van der Waals surface area (Å²) in [5.74, 6) is -3.08. The minimum Gasteiger partial charge on any atom is -0.480 e. The molecular formula is C35H39F2N3O4Si. The highest BCUT2D eigenvalue weighted by Gasteiger charge is 2.50. The number of ketones is 1. The number of rotatable bonds is 9. The van der Waals surface area contributed by atoms with E-state index < -0.39 is 31.3 Å². The van der Waals surface area contributed by atoms with Crippen LogP contribution >= 0.6 is 0 Å². The molecular weight excluding hydrogens is 592 g/mol. The first-order chi connectivity index (χ1) is 21.5. The lowest BCUT2D eigenvalue weighted by Gasteiger charge is -2.43. The van der Waals surface area contributed by atoms with Gasteiger partial charge in [-0.3, -0.25) is 9.78 Å².